The standard InChI is InChI=1S/C8H5FI2O2/c1-13-8(12)4-2-7(11)5(9)3-6(4)10/h2-3H,1H3. The van der Waals surface area contributed by atoms with Crippen LogP contribution in [-0.2, 0) is 4.74 Å². The molecule has 0 aliphatic carbocycles. The number of hydrogen-bond acceptors (Lipinski definition) is 2. The van der Waals surface area contributed by atoms with E-state index in [2.05, 4.69) is 4.74 Å². The maximum atomic E-state index is 13.0. The van der Waals surface area contributed by atoms with E-state index < -0.39 is 5.97 Å². The van der Waals surface area contributed by atoms with E-state index in [4.69, 9.17) is 0 Å². The van der Waals surface area contributed by atoms with Crippen LogP contribution in [0.1, 0.15) is 10.4 Å². The first-order chi connectivity index (χ1) is 6.06. The first-order valence-corrected chi connectivity index (χ1v) is 5.45. The molecule has 13 heavy (non-hydrogen) atoms. The topological polar surface area (TPSA) is 26.3 Å². The summed E-state index contributed by atoms with van der Waals surface area (Å²) in [5.41, 5.74) is 0.397. The monoisotopic (exact) mass is 406 g/mol. The molecule has 0 amide bonds. The molecule has 5 heteroatoms. The molecule has 0 atom stereocenters. The number of methoxy groups -OCH3 is 1. The molecule has 0 aliphatic heterocycles. The molecular formula is C8H5FI2O2. The summed E-state index contributed by atoms with van der Waals surface area (Å²) in [4.78, 5) is 11.1. The second-order valence-corrected chi connectivity index (χ2v) is 4.56. The van der Waals surface area contributed by atoms with Crippen LogP contribution in [0.25, 0.3) is 0 Å². The molecule has 0 saturated carbocycles. The summed E-state index contributed by atoms with van der Waals surface area (Å²) in [6.07, 6.45) is 0. The Kier molecular flexibility index (Phi) is 3.89. The van der Waals surface area contributed by atoms with Crippen molar-refractivity contribution in [3.63, 3.8) is 0 Å². The van der Waals surface area contributed by atoms with Crippen LogP contribution in [-0.4, -0.2) is 13.1 Å². The molecule has 1 rings (SSSR count). The molecule has 0 heterocycles. The molecule has 0 bridgehead atoms. The summed E-state index contributed by atoms with van der Waals surface area (Å²) in [7, 11) is 1.30. The van der Waals surface area contributed by atoms with E-state index >= 15 is 0 Å². The van der Waals surface area contributed by atoms with Gasteiger partial charge in [0, 0.05) is 7.14 Å². The van der Waals surface area contributed by atoms with Gasteiger partial charge in [0.15, 0.2) is 0 Å². The van der Waals surface area contributed by atoms with Gasteiger partial charge in [-0.15, -0.1) is 0 Å². The van der Waals surface area contributed by atoms with Gasteiger partial charge >= 0.3 is 5.97 Å². The van der Waals surface area contributed by atoms with Gasteiger partial charge in [0.1, 0.15) is 5.82 Å². The number of carbonyl (C=O) groups excluding carboxylic acids is 1. The van der Waals surface area contributed by atoms with Gasteiger partial charge in [-0.25, -0.2) is 9.18 Å². The molecule has 0 N–H and O–H groups in total. The summed E-state index contributed by atoms with van der Waals surface area (Å²) in [6, 6.07) is 2.79. The van der Waals surface area contributed by atoms with Gasteiger partial charge in [-0.2, -0.15) is 0 Å². The quantitative estimate of drug-likeness (QED) is 0.408. The number of esters is 1. The Bertz CT molecular complexity index is 352. The van der Waals surface area contributed by atoms with Crippen LogP contribution in [0.4, 0.5) is 4.39 Å². The minimum atomic E-state index is -0.442. The fourth-order valence-electron chi connectivity index (χ4n) is 0.789. The summed E-state index contributed by atoms with van der Waals surface area (Å²) in [5.74, 6) is -0.764. The molecule has 0 unspecified atom stereocenters. The molecule has 0 aromatic heterocycles. The average Bonchev–Trinajstić information content (AvgIpc) is 2.10. The van der Waals surface area contributed by atoms with Gasteiger partial charge in [-0.3, -0.25) is 0 Å². The molecule has 70 valence electrons. The van der Waals surface area contributed by atoms with Crippen molar-refractivity contribution in [2.45, 2.75) is 0 Å². The number of ether oxygens (including phenoxy) is 1. The van der Waals surface area contributed by atoms with Crippen molar-refractivity contribution < 1.29 is 13.9 Å². The molecule has 0 spiro atoms. The zero-order valence-electron chi connectivity index (χ0n) is 6.61. The van der Waals surface area contributed by atoms with Crippen LogP contribution < -0.4 is 0 Å². The van der Waals surface area contributed by atoms with Crippen molar-refractivity contribution >= 4 is 51.2 Å². The lowest BCUT2D eigenvalue weighted by molar-refractivity contribution is 0.0599. The molecule has 1 aromatic rings. The third-order valence-electron chi connectivity index (χ3n) is 1.42. The van der Waals surface area contributed by atoms with Crippen LogP contribution >= 0.6 is 45.2 Å². The highest BCUT2D eigenvalue weighted by atomic mass is 127. The Hall–Kier alpha value is 0.0800. The predicted molar refractivity (Wildman–Crippen MR) is 63.2 cm³/mol. The first kappa shape index (κ1) is 11.2. The molecule has 2 nitrogen and oxygen atoms in total. The fraction of sp³-hybridized carbons (Fsp3) is 0.125. The Balaban J connectivity index is 3.23. The Labute approximate surface area is 102 Å². The zero-order valence-corrected chi connectivity index (χ0v) is 10.9. The Morgan fingerprint density at radius 2 is 2.00 bits per heavy atom. The highest BCUT2D eigenvalue weighted by Crippen LogP contribution is 2.19. The Morgan fingerprint density at radius 1 is 1.38 bits per heavy atom. The van der Waals surface area contributed by atoms with E-state index in [-0.39, 0.29) is 5.82 Å². The van der Waals surface area contributed by atoms with Crippen molar-refractivity contribution in [2.75, 3.05) is 7.11 Å². The van der Waals surface area contributed by atoms with Crippen LogP contribution in [0.2, 0.25) is 0 Å². The fourth-order valence-corrected chi connectivity index (χ4v) is 1.91. The van der Waals surface area contributed by atoms with Crippen molar-refractivity contribution in [3.8, 4) is 0 Å². The number of halogens is 3. The van der Waals surface area contributed by atoms with Gasteiger partial charge in [-0.1, -0.05) is 0 Å². The van der Waals surface area contributed by atoms with E-state index in [1.807, 2.05) is 45.2 Å². The number of carbonyl (C=O) groups is 1. The van der Waals surface area contributed by atoms with Crippen LogP contribution in [0.15, 0.2) is 12.1 Å². The SMILES string of the molecule is COC(=O)c1cc(I)c(F)cc1I. The summed E-state index contributed by atoms with van der Waals surface area (Å²) >= 11 is 3.73. The number of benzene rings is 1. The van der Waals surface area contributed by atoms with Gasteiger partial charge in [0.25, 0.3) is 0 Å². The number of rotatable bonds is 1. The highest BCUT2D eigenvalue weighted by molar-refractivity contribution is 14.1. The van der Waals surface area contributed by atoms with E-state index in [1.165, 1.54) is 19.2 Å². The summed E-state index contributed by atoms with van der Waals surface area (Å²) in [5, 5.41) is 0. The van der Waals surface area contributed by atoms with Crippen molar-refractivity contribution in [1.29, 1.82) is 0 Å². The molecule has 0 aliphatic rings. The molecule has 0 fully saturated rings. The highest BCUT2D eigenvalue weighted by Gasteiger charge is 2.13. The molecule has 0 saturated heterocycles. The van der Waals surface area contributed by atoms with E-state index in [1.54, 1.807) is 0 Å². The number of hydrogen-bond donors (Lipinski definition) is 0. The third-order valence-corrected chi connectivity index (χ3v) is 3.13. The van der Waals surface area contributed by atoms with Gasteiger partial charge < -0.3 is 4.74 Å². The zero-order chi connectivity index (χ0) is 10.0. The van der Waals surface area contributed by atoms with Crippen LogP contribution in [0, 0.1) is 13.0 Å². The maximum absolute atomic E-state index is 13.0. The van der Waals surface area contributed by atoms with E-state index in [0.29, 0.717) is 12.7 Å². The van der Waals surface area contributed by atoms with E-state index in [9.17, 15) is 9.18 Å². The predicted octanol–water partition coefficient (Wildman–Crippen LogP) is 2.82. The Morgan fingerprint density at radius 3 is 2.54 bits per heavy atom. The second kappa shape index (κ2) is 4.54. The maximum Gasteiger partial charge on any atom is 0.338 e. The van der Waals surface area contributed by atoms with E-state index in [0.717, 1.165) is 0 Å². The summed E-state index contributed by atoms with van der Waals surface area (Å²) in [6.45, 7) is 0. The average molecular weight is 406 g/mol. The first-order valence-electron chi connectivity index (χ1n) is 3.29. The molecule has 0 radical (unpaired) electrons. The summed E-state index contributed by atoms with van der Waals surface area (Å²) < 4.78 is 18.5. The lowest BCUT2D eigenvalue weighted by Crippen LogP contribution is -2.05. The van der Waals surface area contributed by atoms with Gasteiger partial charge in [-0.05, 0) is 57.3 Å². The van der Waals surface area contributed by atoms with Crippen LogP contribution in [0.5, 0.6) is 0 Å². The van der Waals surface area contributed by atoms with Gasteiger partial charge in [0.2, 0.25) is 0 Å². The van der Waals surface area contributed by atoms with Crippen molar-refractivity contribution in [1.82, 2.24) is 0 Å². The third kappa shape index (κ3) is 2.52. The second-order valence-electron chi connectivity index (χ2n) is 2.24. The minimum absolute atomic E-state index is 0.322. The largest absolute Gasteiger partial charge is 0.465 e. The van der Waals surface area contributed by atoms with Gasteiger partial charge in [0.05, 0.1) is 12.7 Å². The molecule has 1 aromatic carbocycles. The van der Waals surface area contributed by atoms with Crippen molar-refractivity contribution in [2.24, 2.45) is 0 Å². The smallest absolute Gasteiger partial charge is 0.338 e. The lowest BCUT2D eigenvalue weighted by Gasteiger charge is -2.03. The molecular weight excluding hydrogens is 401 g/mol. The normalized spacial score (nSPS) is 9.85. The van der Waals surface area contributed by atoms with Crippen molar-refractivity contribution in [3.05, 3.63) is 30.7 Å². The van der Waals surface area contributed by atoms with Crippen LogP contribution in [0.3, 0.4) is 0 Å². The minimum Gasteiger partial charge on any atom is -0.465 e. The lowest BCUT2D eigenvalue weighted by atomic mass is 10.2.